The van der Waals surface area contributed by atoms with Gasteiger partial charge >= 0.3 is 5.97 Å². The van der Waals surface area contributed by atoms with Crippen molar-refractivity contribution in [2.75, 3.05) is 11.5 Å². The molecule has 0 fully saturated rings. The third-order valence-electron chi connectivity index (χ3n) is 2.72. The van der Waals surface area contributed by atoms with Crippen molar-refractivity contribution < 1.29 is 9.90 Å². The van der Waals surface area contributed by atoms with E-state index in [2.05, 4.69) is 0 Å². The number of nitrogen functional groups attached to an aromatic ring is 2. The average Bonchev–Trinajstić information content (AvgIpc) is 2.37. The van der Waals surface area contributed by atoms with E-state index >= 15 is 0 Å². The van der Waals surface area contributed by atoms with Gasteiger partial charge in [-0.15, -0.1) is 0 Å². The normalized spacial score (nSPS) is 10.7. The lowest BCUT2D eigenvalue weighted by atomic mass is 10.0. The molecular formula is C15H14N2O2. The van der Waals surface area contributed by atoms with Gasteiger partial charge in [-0.05, 0) is 29.3 Å². The molecule has 5 N–H and O–H groups in total. The summed E-state index contributed by atoms with van der Waals surface area (Å²) in [6, 6.07) is 12.8. The molecule has 0 aliphatic rings. The molecule has 0 aliphatic heterocycles. The maximum Gasteiger partial charge on any atom is 0.328 e. The van der Waals surface area contributed by atoms with Crippen molar-refractivity contribution in [1.82, 2.24) is 0 Å². The second-order valence-electron chi connectivity index (χ2n) is 4.14. The standard InChI is InChI=1S/C15H14N2O2/c16-12-6-7-13(14(17)9-12)11-4-1-10(2-5-11)3-8-15(18)19/h1-9H,16-17H2,(H,18,19). The molecule has 19 heavy (non-hydrogen) atoms. The van der Waals surface area contributed by atoms with Gasteiger partial charge in [0.1, 0.15) is 0 Å². The Labute approximate surface area is 111 Å². The van der Waals surface area contributed by atoms with Gasteiger partial charge in [0.25, 0.3) is 0 Å². The molecule has 0 saturated heterocycles. The Morgan fingerprint density at radius 2 is 1.74 bits per heavy atom. The third-order valence-corrected chi connectivity index (χ3v) is 2.72. The summed E-state index contributed by atoms with van der Waals surface area (Å²) in [5, 5.41) is 8.55. The van der Waals surface area contributed by atoms with Crippen molar-refractivity contribution in [3.05, 3.63) is 54.1 Å². The fraction of sp³-hybridized carbons (Fsp3) is 0. The van der Waals surface area contributed by atoms with Crippen LogP contribution in [0.4, 0.5) is 11.4 Å². The van der Waals surface area contributed by atoms with Crippen molar-refractivity contribution in [1.29, 1.82) is 0 Å². The Kier molecular flexibility index (Phi) is 3.52. The fourth-order valence-electron chi connectivity index (χ4n) is 1.79. The predicted octanol–water partition coefficient (Wildman–Crippen LogP) is 2.62. The smallest absolute Gasteiger partial charge is 0.328 e. The highest BCUT2D eigenvalue weighted by Gasteiger charge is 2.02. The Morgan fingerprint density at radius 1 is 1.05 bits per heavy atom. The van der Waals surface area contributed by atoms with Crippen LogP contribution in [0.5, 0.6) is 0 Å². The summed E-state index contributed by atoms with van der Waals surface area (Å²) >= 11 is 0. The van der Waals surface area contributed by atoms with Crippen molar-refractivity contribution in [2.24, 2.45) is 0 Å². The molecule has 0 heterocycles. The lowest BCUT2D eigenvalue weighted by Gasteiger charge is -2.07. The maximum absolute atomic E-state index is 10.4. The fourth-order valence-corrected chi connectivity index (χ4v) is 1.79. The van der Waals surface area contributed by atoms with Crippen LogP contribution < -0.4 is 11.5 Å². The zero-order valence-corrected chi connectivity index (χ0v) is 10.2. The number of anilines is 2. The monoisotopic (exact) mass is 254 g/mol. The highest BCUT2D eigenvalue weighted by molar-refractivity contribution is 5.85. The number of nitrogens with two attached hydrogens (primary N) is 2. The molecule has 0 radical (unpaired) electrons. The van der Waals surface area contributed by atoms with E-state index in [0.717, 1.165) is 22.8 Å². The minimum atomic E-state index is -0.966. The van der Waals surface area contributed by atoms with E-state index < -0.39 is 5.97 Å². The van der Waals surface area contributed by atoms with Gasteiger partial charge in [0.2, 0.25) is 0 Å². The number of aliphatic carboxylic acids is 1. The van der Waals surface area contributed by atoms with Gasteiger partial charge in [-0.3, -0.25) is 0 Å². The van der Waals surface area contributed by atoms with E-state index in [-0.39, 0.29) is 0 Å². The summed E-state index contributed by atoms with van der Waals surface area (Å²) in [5.74, 6) is -0.966. The molecule has 96 valence electrons. The lowest BCUT2D eigenvalue weighted by molar-refractivity contribution is -0.131. The van der Waals surface area contributed by atoms with Crippen molar-refractivity contribution >= 4 is 23.4 Å². The van der Waals surface area contributed by atoms with Gasteiger partial charge in [-0.2, -0.15) is 0 Å². The number of carbonyl (C=O) groups is 1. The first kappa shape index (κ1) is 12.7. The molecule has 0 amide bonds. The SMILES string of the molecule is Nc1ccc(-c2ccc(C=CC(=O)O)cc2)c(N)c1. The summed E-state index contributed by atoms with van der Waals surface area (Å²) in [4.78, 5) is 10.4. The van der Waals surface area contributed by atoms with Gasteiger partial charge in [0, 0.05) is 23.0 Å². The predicted molar refractivity (Wildman–Crippen MR) is 77.4 cm³/mol. The molecule has 0 unspecified atom stereocenters. The molecule has 2 aromatic rings. The molecule has 0 aromatic heterocycles. The van der Waals surface area contributed by atoms with Crippen LogP contribution in [-0.4, -0.2) is 11.1 Å². The van der Waals surface area contributed by atoms with E-state index in [4.69, 9.17) is 16.6 Å². The number of hydrogen-bond donors (Lipinski definition) is 3. The van der Waals surface area contributed by atoms with Crippen LogP contribution in [0.2, 0.25) is 0 Å². The molecule has 0 spiro atoms. The lowest BCUT2D eigenvalue weighted by Crippen LogP contribution is -1.93. The molecule has 0 saturated carbocycles. The van der Waals surface area contributed by atoms with Gasteiger partial charge in [0.05, 0.1) is 0 Å². The van der Waals surface area contributed by atoms with Crippen LogP contribution in [0.3, 0.4) is 0 Å². The molecule has 4 nitrogen and oxygen atoms in total. The average molecular weight is 254 g/mol. The Morgan fingerprint density at radius 3 is 2.32 bits per heavy atom. The molecule has 2 rings (SSSR count). The summed E-state index contributed by atoms with van der Waals surface area (Å²) in [6.45, 7) is 0. The Bertz CT molecular complexity index is 631. The summed E-state index contributed by atoms with van der Waals surface area (Å²) < 4.78 is 0. The first-order valence-electron chi connectivity index (χ1n) is 5.73. The van der Waals surface area contributed by atoms with Crippen LogP contribution in [0, 0.1) is 0 Å². The highest BCUT2D eigenvalue weighted by Crippen LogP contribution is 2.27. The van der Waals surface area contributed by atoms with Crippen molar-refractivity contribution in [3.8, 4) is 11.1 Å². The van der Waals surface area contributed by atoms with Crippen molar-refractivity contribution in [3.63, 3.8) is 0 Å². The van der Waals surface area contributed by atoms with E-state index in [0.29, 0.717) is 11.4 Å². The molecule has 0 aliphatic carbocycles. The van der Waals surface area contributed by atoms with Gasteiger partial charge in [-0.1, -0.05) is 30.3 Å². The zero-order valence-electron chi connectivity index (χ0n) is 10.2. The maximum atomic E-state index is 10.4. The van der Waals surface area contributed by atoms with Gasteiger partial charge in [-0.25, -0.2) is 4.79 Å². The summed E-state index contributed by atoms with van der Waals surface area (Å²) in [5.41, 5.74) is 15.5. The summed E-state index contributed by atoms with van der Waals surface area (Å²) in [6.07, 6.45) is 2.64. The Hall–Kier alpha value is -2.75. The third kappa shape index (κ3) is 3.13. The molecular weight excluding hydrogens is 240 g/mol. The van der Waals surface area contributed by atoms with Gasteiger partial charge < -0.3 is 16.6 Å². The second-order valence-corrected chi connectivity index (χ2v) is 4.14. The van der Waals surface area contributed by atoms with Crippen LogP contribution in [-0.2, 0) is 4.79 Å². The van der Waals surface area contributed by atoms with Crippen molar-refractivity contribution in [2.45, 2.75) is 0 Å². The van der Waals surface area contributed by atoms with Crippen LogP contribution in [0.15, 0.2) is 48.5 Å². The van der Waals surface area contributed by atoms with Crippen LogP contribution in [0.25, 0.3) is 17.2 Å². The van der Waals surface area contributed by atoms with E-state index in [1.807, 2.05) is 30.3 Å². The minimum absolute atomic E-state index is 0.619. The first-order valence-corrected chi connectivity index (χ1v) is 5.73. The van der Waals surface area contributed by atoms with Crippen LogP contribution in [0.1, 0.15) is 5.56 Å². The van der Waals surface area contributed by atoms with Gasteiger partial charge in [0.15, 0.2) is 0 Å². The van der Waals surface area contributed by atoms with Crippen LogP contribution >= 0.6 is 0 Å². The van der Waals surface area contributed by atoms with E-state index in [9.17, 15) is 4.79 Å². The number of carboxylic acid groups (broad SMARTS) is 1. The van der Waals surface area contributed by atoms with E-state index in [1.165, 1.54) is 0 Å². The molecule has 2 aromatic carbocycles. The Balaban J connectivity index is 2.30. The molecule has 0 bridgehead atoms. The topological polar surface area (TPSA) is 89.3 Å². The first-order chi connectivity index (χ1) is 9.06. The quantitative estimate of drug-likeness (QED) is 0.580. The molecule has 0 atom stereocenters. The highest BCUT2D eigenvalue weighted by atomic mass is 16.4. The number of carboxylic acids is 1. The molecule has 4 heteroatoms. The minimum Gasteiger partial charge on any atom is -0.478 e. The number of hydrogen-bond acceptors (Lipinski definition) is 3. The zero-order chi connectivity index (χ0) is 13.8. The number of benzene rings is 2. The second kappa shape index (κ2) is 5.27. The summed E-state index contributed by atoms with van der Waals surface area (Å²) in [7, 11) is 0. The number of rotatable bonds is 3. The largest absolute Gasteiger partial charge is 0.478 e. The van der Waals surface area contributed by atoms with E-state index in [1.54, 1.807) is 18.2 Å².